The van der Waals surface area contributed by atoms with Crippen LogP contribution in [-0.4, -0.2) is 32.9 Å². The summed E-state index contributed by atoms with van der Waals surface area (Å²) in [5.41, 5.74) is 4.43. The predicted octanol–water partition coefficient (Wildman–Crippen LogP) is 7.08. The molecule has 0 bridgehead atoms. The number of imidazole rings is 1. The average molecular weight is 551 g/mol. The first kappa shape index (κ1) is 25.6. The number of benzene rings is 4. The van der Waals surface area contributed by atoms with Gasteiger partial charge in [0.1, 0.15) is 29.9 Å². The number of amides is 3. The lowest BCUT2D eigenvalue weighted by Gasteiger charge is -2.26. The van der Waals surface area contributed by atoms with E-state index in [0.29, 0.717) is 28.7 Å². The first-order valence-corrected chi connectivity index (χ1v) is 13.4. The van der Waals surface area contributed by atoms with E-state index in [-0.39, 0.29) is 18.5 Å². The number of imide groups is 1. The number of rotatable bonds is 7. The molecule has 0 saturated carbocycles. The summed E-state index contributed by atoms with van der Waals surface area (Å²) in [7, 11) is 1.92. The second kappa shape index (κ2) is 10.5. The monoisotopic (exact) mass is 550 g/mol. The van der Waals surface area contributed by atoms with Gasteiger partial charge in [-0.05, 0) is 78.7 Å². The Morgan fingerprint density at radius 1 is 0.900 bits per heavy atom. The Balaban J connectivity index is 1.33. The molecule has 1 fully saturated rings. The lowest BCUT2D eigenvalue weighted by molar-refractivity contribution is -0.126. The Morgan fingerprint density at radius 3 is 2.33 bits per heavy atom. The summed E-state index contributed by atoms with van der Waals surface area (Å²) in [5, 5.41) is 0.623. The van der Waals surface area contributed by atoms with Gasteiger partial charge in [0.25, 0.3) is 5.91 Å². The topological polar surface area (TPSA) is 67.7 Å². The Labute approximate surface area is 237 Å². The normalized spacial score (nSPS) is 14.3. The van der Waals surface area contributed by atoms with Gasteiger partial charge in [0.15, 0.2) is 0 Å². The molecule has 5 aromatic rings. The number of hydrogen-bond donors (Lipinski definition) is 0. The first-order chi connectivity index (χ1) is 19.4. The lowest BCUT2D eigenvalue weighted by atomic mass is 10.0. The van der Waals surface area contributed by atoms with Crippen molar-refractivity contribution in [1.82, 2.24) is 14.5 Å². The molecule has 0 aliphatic carbocycles. The van der Waals surface area contributed by atoms with E-state index in [1.165, 1.54) is 9.80 Å². The van der Waals surface area contributed by atoms with Crippen LogP contribution in [0.1, 0.15) is 23.0 Å². The zero-order valence-electron chi connectivity index (χ0n) is 22.1. The fourth-order valence-electron chi connectivity index (χ4n) is 5.10. The molecule has 0 unspecified atom stereocenters. The quantitative estimate of drug-likeness (QED) is 0.203. The second-order valence-corrected chi connectivity index (χ2v) is 10.3. The summed E-state index contributed by atoms with van der Waals surface area (Å²) >= 11 is 6.12. The molecule has 200 valence electrons. The fourth-order valence-corrected chi connectivity index (χ4v) is 5.23. The van der Waals surface area contributed by atoms with Gasteiger partial charge < -0.3 is 9.30 Å². The smallest absolute Gasteiger partial charge is 0.332 e. The van der Waals surface area contributed by atoms with Crippen molar-refractivity contribution < 1.29 is 14.3 Å². The van der Waals surface area contributed by atoms with Crippen LogP contribution in [0.3, 0.4) is 0 Å². The minimum absolute atomic E-state index is 0.0576. The summed E-state index contributed by atoms with van der Waals surface area (Å²) in [5.74, 6) is 1.72. The molecule has 0 N–H and O–H groups in total. The van der Waals surface area contributed by atoms with Gasteiger partial charge in [-0.2, -0.15) is 0 Å². The van der Waals surface area contributed by atoms with Crippen molar-refractivity contribution in [2.75, 3.05) is 11.4 Å². The number of hydrogen-bond acceptors (Lipinski definition) is 4. The van der Waals surface area contributed by atoms with Crippen molar-refractivity contribution in [2.24, 2.45) is 7.05 Å². The maximum absolute atomic E-state index is 13.9. The van der Waals surface area contributed by atoms with Crippen LogP contribution in [0.5, 0.6) is 11.5 Å². The van der Waals surface area contributed by atoms with Crippen molar-refractivity contribution in [3.63, 3.8) is 0 Å². The molecular formula is C32H27ClN4O3. The Bertz CT molecular complexity index is 1700. The highest BCUT2D eigenvalue weighted by atomic mass is 35.5. The van der Waals surface area contributed by atoms with Crippen LogP contribution >= 0.6 is 11.6 Å². The van der Waals surface area contributed by atoms with Gasteiger partial charge in [0.2, 0.25) is 0 Å². The third-order valence-corrected chi connectivity index (χ3v) is 7.40. The molecule has 1 aromatic heterocycles. The predicted molar refractivity (Wildman–Crippen MR) is 156 cm³/mol. The molecule has 1 saturated heterocycles. The third-order valence-electron chi connectivity index (χ3n) is 7.15. The number of aryl methyl sites for hydroxylation is 2. The summed E-state index contributed by atoms with van der Waals surface area (Å²) in [6, 6.07) is 29.1. The van der Waals surface area contributed by atoms with Crippen LogP contribution in [-0.2, 0) is 18.3 Å². The number of carbonyl (C=O) groups excluding carboxylic acids is 2. The van der Waals surface area contributed by atoms with Gasteiger partial charge in [-0.15, -0.1) is 0 Å². The molecule has 7 nitrogen and oxygen atoms in total. The summed E-state index contributed by atoms with van der Waals surface area (Å²) in [6.07, 6.45) is 0.405. The number of anilines is 1. The molecule has 8 heteroatoms. The molecule has 0 radical (unpaired) electrons. The van der Waals surface area contributed by atoms with Crippen molar-refractivity contribution in [3.05, 3.63) is 119 Å². The molecule has 3 amide bonds. The maximum atomic E-state index is 13.9. The lowest BCUT2D eigenvalue weighted by Crippen LogP contribution is -2.38. The summed E-state index contributed by atoms with van der Waals surface area (Å²) in [4.78, 5) is 35.1. The number of ether oxygens (including phenoxy) is 1. The average Bonchev–Trinajstić information content (AvgIpc) is 3.44. The van der Waals surface area contributed by atoms with E-state index in [9.17, 15) is 9.59 Å². The minimum Gasteiger partial charge on any atom is -0.457 e. The fraction of sp³-hybridized carbons (Fsp3) is 0.156. The van der Waals surface area contributed by atoms with Crippen LogP contribution in [0, 0.1) is 6.92 Å². The van der Waals surface area contributed by atoms with Crippen LogP contribution < -0.4 is 9.64 Å². The van der Waals surface area contributed by atoms with Crippen LogP contribution in [0.15, 0.2) is 97.1 Å². The zero-order chi connectivity index (χ0) is 27.8. The highest BCUT2D eigenvalue weighted by molar-refractivity contribution is 6.30. The van der Waals surface area contributed by atoms with Crippen molar-refractivity contribution in [1.29, 1.82) is 0 Å². The number of urea groups is 1. The van der Waals surface area contributed by atoms with Crippen LogP contribution in [0.4, 0.5) is 10.5 Å². The van der Waals surface area contributed by atoms with Gasteiger partial charge in [-0.1, -0.05) is 48.0 Å². The van der Waals surface area contributed by atoms with Gasteiger partial charge in [-0.3, -0.25) is 14.6 Å². The molecule has 4 aromatic carbocycles. The molecule has 1 aliphatic rings. The second-order valence-electron chi connectivity index (χ2n) is 9.91. The van der Waals surface area contributed by atoms with Gasteiger partial charge in [0, 0.05) is 24.2 Å². The van der Waals surface area contributed by atoms with Crippen LogP contribution in [0.2, 0.25) is 5.02 Å². The summed E-state index contributed by atoms with van der Waals surface area (Å²) < 4.78 is 7.86. The van der Waals surface area contributed by atoms with E-state index in [4.69, 9.17) is 21.3 Å². The van der Waals surface area contributed by atoms with E-state index >= 15 is 0 Å². The zero-order valence-corrected chi connectivity index (χ0v) is 22.9. The van der Waals surface area contributed by atoms with E-state index < -0.39 is 6.04 Å². The molecule has 6 rings (SSSR count). The molecule has 1 atom stereocenters. The van der Waals surface area contributed by atoms with Crippen molar-refractivity contribution in [2.45, 2.75) is 19.4 Å². The molecule has 1 aliphatic heterocycles. The number of para-hydroxylation sites is 1. The van der Waals surface area contributed by atoms with Gasteiger partial charge in [-0.25, -0.2) is 9.78 Å². The Morgan fingerprint density at radius 2 is 1.60 bits per heavy atom. The molecule has 2 heterocycles. The number of halogens is 1. The Hall–Kier alpha value is -4.62. The minimum atomic E-state index is -0.607. The number of nitrogens with zero attached hydrogens (tertiary/aromatic N) is 4. The number of fused-ring (bicyclic) bond motifs is 1. The first-order valence-electron chi connectivity index (χ1n) is 13.0. The number of aromatic nitrogens is 2. The van der Waals surface area contributed by atoms with E-state index in [1.807, 2.05) is 85.3 Å². The van der Waals surface area contributed by atoms with Crippen molar-refractivity contribution >= 4 is 40.3 Å². The van der Waals surface area contributed by atoms with Crippen molar-refractivity contribution in [3.8, 4) is 11.5 Å². The molecule has 40 heavy (non-hydrogen) atoms. The van der Waals surface area contributed by atoms with Crippen LogP contribution in [0.25, 0.3) is 11.0 Å². The highest BCUT2D eigenvalue weighted by Crippen LogP contribution is 2.34. The standard InChI is InChI=1S/C32H27ClN4O3/c1-21-8-17-27-28(18-21)35(2)31(34-27)29(19-22-9-11-23(33)12-10-22)37-30(38)20-36(32(37)39)24-13-15-26(16-14-24)40-25-6-4-3-5-7-25/h3-18,29H,19-20H2,1-2H3/t29-/m0/s1. The highest BCUT2D eigenvalue weighted by Gasteiger charge is 2.43. The number of carbonyl (C=O) groups is 2. The summed E-state index contributed by atoms with van der Waals surface area (Å²) in [6.45, 7) is 1.97. The maximum Gasteiger partial charge on any atom is 0.332 e. The largest absolute Gasteiger partial charge is 0.457 e. The molecule has 0 spiro atoms. The van der Waals surface area contributed by atoms with E-state index in [2.05, 4.69) is 6.07 Å². The Kier molecular flexibility index (Phi) is 6.74. The van der Waals surface area contributed by atoms with E-state index in [0.717, 1.165) is 27.9 Å². The third kappa shape index (κ3) is 4.92. The van der Waals surface area contributed by atoms with Gasteiger partial charge in [0.05, 0.1) is 11.0 Å². The van der Waals surface area contributed by atoms with E-state index in [1.54, 1.807) is 24.3 Å². The SMILES string of the molecule is Cc1ccc2nc([C@H](Cc3ccc(Cl)cc3)N3C(=O)CN(c4ccc(Oc5ccccc5)cc4)C3=O)n(C)c2c1. The van der Waals surface area contributed by atoms with Gasteiger partial charge >= 0.3 is 6.03 Å². The molecular weight excluding hydrogens is 524 g/mol.